The predicted octanol–water partition coefficient (Wildman–Crippen LogP) is 23.1. The summed E-state index contributed by atoms with van der Waals surface area (Å²) >= 11 is 0. The molecule has 2 unspecified atom stereocenters. The van der Waals surface area contributed by atoms with Crippen molar-refractivity contribution in [1.29, 1.82) is 0 Å². The first-order chi connectivity index (χ1) is 40.9. The summed E-state index contributed by atoms with van der Waals surface area (Å²) in [4.78, 5) is 0. The summed E-state index contributed by atoms with van der Waals surface area (Å²) in [6.07, 6.45) is 20.0. The molecule has 10 aromatic carbocycles. The van der Waals surface area contributed by atoms with Gasteiger partial charge in [0.2, 0.25) is 0 Å². The lowest BCUT2D eigenvalue weighted by molar-refractivity contribution is 0.481. The minimum atomic E-state index is -0.234. The van der Waals surface area contributed by atoms with Gasteiger partial charge in [-0.1, -0.05) is 249 Å². The van der Waals surface area contributed by atoms with E-state index >= 15 is 0 Å². The predicted molar refractivity (Wildman–Crippen MR) is 356 cm³/mol. The van der Waals surface area contributed by atoms with Gasteiger partial charge in [-0.3, -0.25) is 0 Å². The molecule has 2 aliphatic carbocycles. The molecule has 2 aliphatic rings. The lowest BCUT2D eigenvalue weighted by Crippen LogP contribution is -2.22. The van der Waals surface area contributed by atoms with Gasteiger partial charge in [0.25, 0.3) is 0 Å². The fourth-order valence-corrected chi connectivity index (χ4v) is 15.1. The van der Waals surface area contributed by atoms with Crippen LogP contribution in [0.1, 0.15) is 133 Å². The smallest absolute Gasteiger partial charge is 0.0547 e. The van der Waals surface area contributed by atoms with Gasteiger partial charge in [0.1, 0.15) is 0 Å². The Morgan fingerprint density at radius 1 is 0.325 bits per heavy atom. The Kier molecular flexibility index (Phi) is 14.0. The van der Waals surface area contributed by atoms with Crippen LogP contribution in [0.2, 0.25) is 0 Å². The Morgan fingerprint density at radius 2 is 0.723 bits per heavy atom. The summed E-state index contributed by atoms with van der Waals surface area (Å²) in [5, 5.41) is 5.18. The van der Waals surface area contributed by atoms with Gasteiger partial charge in [0.15, 0.2) is 0 Å². The second-order valence-corrected chi connectivity index (χ2v) is 24.4. The third-order valence-electron chi connectivity index (χ3n) is 19.5. The molecule has 2 aromatic heterocycles. The molecule has 0 bridgehead atoms. The van der Waals surface area contributed by atoms with Crippen LogP contribution in [0.25, 0.3) is 111 Å². The van der Waals surface area contributed by atoms with Crippen molar-refractivity contribution in [2.24, 2.45) is 0 Å². The Labute approximate surface area is 491 Å². The van der Waals surface area contributed by atoms with Gasteiger partial charge in [-0.05, 0) is 164 Å². The van der Waals surface area contributed by atoms with Gasteiger partial charge in [-0.25, -0.2) is 0 Å². The monoisotopic (exact) mass is 1080 g/mol. The number of rotatable bonds is 20. The van der Waals surface area contributed by atoms with Crippen molar-refractivity contribution in [2.75, 3.05) is 0 Å². The molecule has 14 rings (SSSR count). The zero-order chi connectivity index (χ0) is 56.1. The molecule has 0 N–H and O–H groups in total. The van der Waals surface area contributed by atoms with Crippen LogP contribution in [0.4, 0.5) is 0 Å². The summed E-state index contributed by atoms with van der Waals surface area (Å²) in [6, 6.07) is 83.1. The van der Waals surface area contributed by atoms with E-state index in [1.807, 2.05) is 0 Å². The van der Waals surface area contributed by atoms with Crippen molar-refractivity contribution in [3.8, 4) is 67.0 Å². The van der Waals surface area contributed by atoms with Crippen molar-refractivity contribution in [1.82, 2.24) is 9.13 Å². The van der Waals surface area contributed by atoms with Crippen molar-refractivity contribution < 1.29 is 0 Å². The standard InChI is InChI=1S/C81H76N2/c1-5-8-10-12-14-26-48-80(4)72-34-24-22-32-64(72)66-54-78-70(52-74(66)80)68-50-60(56-28-18-16-19-29-56)40-46-76(68)82(78)62-42-36-58(37-43-62)59-38-44-63(45-39-59)83-77-47-41-61(57-30-20-17-21-31-57)51-69(77)71-53-75-67(55-79(71)83)65-33-23-25-35-73(65)81(75,7-3)49-27-15-13-11-9-6-2/h7,16-25,28-47,50-55H,3,5-6,8-15,26-27,48-49H2,1-2,4H3. The van der Waals surface area contributed by atoms with E-state index in [-0.39, 0.29) is 10.8 Å². The number of allylic oxidation sites excluding steroid dienone is 1. The molecule has 2 heteroatoms. The van der Waals surface area contributed by atoms with Crippen LogP contribution >= 0.6 is 0 Å². The molecule has 0 aliphatic heterocycles. The maximum Gasteiger partial charge on any atom is 0.0547 e. The minimum Gasteiger partial charge on any atom is -0.309 e. The average Bonchev–Trinajstić information content (AvgIpc) is 2.21. The van der Waals surface area contributed by atoms with Gasteiger partial charge < -0.3 is 9.13 Å². The van der Waals surface area contributed by atoms with E-state index in [2.05, 4.69) is 261 Å². The van der Waals surface area contributed by atoms with Crippen LogP contribution in [0, 0.1) is 0 Å². The molecule has 83 heavy (non-hydrogen) atoms. The van der Waals surface area contributed by atoms with Gasteiger partial charge in [0.05, 0.1) is 22.1 Å². The topological polar surface area (TPSA) is 9.86 Å². The molecule has 0 spiro atoms. The van der Waals surface area contributed by atoms with Crippen molar-refractivity contribution in [3.63, 3.8) is 0 Å². The number of hydrogen-bond donors (Lipinski definition) is 0. The van der Waals surface area contributed by atoms with Crippen LogP contribution in [-0.4, -0.2) is 9.13 Å². The van der Waals surface area contributed by atoms with Crippen LogP contribution < -0.4 is 0 Å². The highest BCUT2D eigenvalue weighted by molar-refractivity contribution is 6.14. The third kappa shape index (κ3) is 9.00. The first-order valence-corrected chi connectivity index (χ1v) is 31.3. The van der Waals surface area contributed by atoms with E-state index in [1.54, 1.807) is 0 Å². The fraction of sp³-hybridized carbons (Fsp3) is 0.235. The van der Waals surface area contributed by atoms with E-state index in [0.717, 1.165) is 18.5 Å². The highest BCUT2D eigenvalue weighted by atomic mass is 15.0. The van der Waals surface area contributed by atoms with Crippen LogP contribution in [0.15, 0.2) is 231 Å². The summed E-state index contributed by atoms with van der Waals surface area (Å²) in [7, 11) is 0. The molecule has 2 atom stereocenters. The second kappa shape index (κ2) is 22.0. The number of aromatic nitrogens is 2. The number of fused-ring (bicyclic) bond motifs is 12. The summed E-state index contributed by atoms with van der Waals surface area (Å²) in [5.41, 5.74) is 25.5. The van der Waals surface area contributed by atoms with Gasteiger partial charge in [0, 0.05) is 43.7 Å². The largest absolute Gasteiger partial charge is 0.309 e. The molecular weight excluding hydrogens is 1000 g/mol. The fourth-order valence-electron chi connectivity index (χ4n) is 15.1. The lowest BCUT2D eigenvalue weighted by atomic mass is 9.74. The summed E-state index contributed by atoms with van der Waals surface area (Å²) in [6.45, 7) is 11.7. The van der Waals surface area contributed by atoms with Crippen LogP contribution in [0.5, 0.6) is 0 Å². The average molecular weight is 1080 g/mol. The molecule has 0 radical (unpaired) electrons. The highest BCUT2D eigenvalue weighted by Gasteiger charge is 2.42. The maximum atomic E-state index is 4.61. The Bertz CT molecular complexity index is 4360. The van der Waals surface area contributed by atoms with Gasteiger partial charge in [-0.15, -0.1) is 6.58 Å². The first kappa shape index (κ1) is 52.6. The number of unbranched alkanes of at least 4 members (excludes halogenated alkanes) is 10. The molecular formula is C81H76N2. The van der Waals surface area contributed by atoms with E-state index in [0.29, 0.717) is 0 Å². The van der Waals surface area contributed by atoms with Crippen LogP contribution in [0.3, 0.4) is 0 Å². The van der Waals surface area contributed by atoms with Crippen molar-refractivity contribution >= 4 is 43.6 Å². The van der Waals surface area contributed by atoms with Crippen LogP contribution in [-0.2, 0) is 10.8 Å². The maximum absolute atomic E-state index is 4.61. The lowest BCUT2D eigenvalue weighted by Gasteiger charge is -2.29. The number of nitrogens with zero attached hydrogens (tertiary/aromatic N) is 2. The summed E-state index contributed by atoms with van der Waals surface area (Å²) < 4.78 is 5.03. The molecule has 410 valence electrons. The van der Waals surface area contributed by atoms with E-state index in [4.69, 9.17) is 0 Å². The highest BCUT2D eigenvalue weighted by Crippen LogP contribution is 2.56. The molecule has 0 amide bonds. The van der Waals surface area contributed by atoms with E-state index in [9.17, 15) is 0 Å². The Balaban J connectivity index is 0.848. The zero-order valence-electron chi connectivity index (χ0n) is 48.9. The molecule has 12 aromatic rings. The second-order valence-electron chi connectivity index (χ2n) is 24.4. The number of benzene rings is 10. The van der Waals surface area contributed by atoms with E-state index < -0.39 is 0 Å². The Morgan fingerprint density at radius 3 is 1.24 bits per heavy atom. The minimum absolute atomic E-state index is 0.0433. The van der Waals surface area contributed by atoms with E-state index in [1.165, 1.54) is 204 Å². The molecule has 0 fully saturated rings. The van der Waals surface area contributed by atoms with Gasteiger partial charge in [-0.2, -0.15) is 0 Å². The first-order valence-electron chi connectivity index (χ1n) is 31.3. The number of hydrogen-bond acceptors (Lipinski definition) is 0. The normalized spacial score (nSPS) is 16.0. The molecule has 2 nitrogen and oxygen atoms in total. The van der Waals surface area contributed by atoms with Crippen molar-refractivity contribution in [3.05, 3.63) is 253 Å². The zero-order valence-corrected chi connectivity index (χ0v) is 48.9. The SMILES string of the molecule is C=CC1(CCCCCCCC)c2ccccc2-c2cc3c(cc21)c1cc(-c2ccccc2)ccc1n3-c1ccc(-c2ccc(-n3c4ccc(-c5ccccc5)cc4c4cc5c(cc43)-c3ccccc3C5(C)CCCCCCCC)cc2)cc1. The summed E-state index contributed by atoms with van der Waals surface area (Å²) in [5.74, 6) is 0. The molecule has 0 saturated carbocycles. The van der Waals surface area contributed by atoms with Crippen molar-refractivity contribution in [2.45, 2.75) is 121 Å². The molecule has 2 heterocycles. The quantitative estimate of drug-likeness (QED) is 0.0532. The third-order valence-corrected chi connectivity index (χ3v) is 19.5. The molecule has 0 saturated heterocycles. The van der Waals surface area contributed by atoms with Gasteiger partial charge >= 0.3 is 0 Å². The Hall–Kier alpha value is -8.46.